The normalized spacial score (nSPS) is 10.3. The van der Waals surface area contributed by atoms with E-state index in [0.29, 0.717) is 28.1 Å². The summed E-state index contributed by atoms with van der Waals surface area (Å²) in [6.45, 7) is 3.74. The lowest BCUT2D eigenvalue weighted by Crippen LogP contribution is -2.01. The Morgan fingerprint density at radius 2 is 1.96 bits per heavy atom. The molecule has 2 heterocycles. The fraction of sp³-hybridized carbons (Fsp3) is 0.158. The van der Waals surface area contributed by atoms with Gasteiger partial charge in [0.1, 0.15) is 28.2 Å². The highest BCUT2D eigenvalue weighted by atomic mass is 35.5. The molecule has 0 amide bonds. The van der Waals surface area contributed by atoms with Crippen LogP contribution in [0.4, 0.5) is 4.39 Å². The Labute approximate surface area is 150 Å². The van der Waals surface area contributed by atoms with E-state index in [1.165, 1.54) is 19.2 Å². The molecule has 0 aliphatic heterocycles. The van der Waals surface area contributed by atoms with Crippen molar-refractivity contribution in [3.05, 3.63) is 70.3 Å². The summed E-state index contributed by atoms with van der Waals surface area (Å²) in [5.74, 6) is 6.84. The third-order valence-corrected chi connectivity index (χ3v) is 3.88. The standard InChI is InChI=1S/C19H15ClFN3O/c1-12-18(5-4-14-6-7-22-19(20)8-14)23-13(2)24(12)16-9-15(21)10-17(11-16)25-3/h6-11H,1-3H3. The molecule has 0 aliphatic carbocycles. The van der Waals surface area contributed by atoms with Crippen LogP contribution < -0.4 is 4.74 Å². The minimum absolute atomic E-state index is 0.374. The van der Waals surface area contributed by atoms with E-state index in [0.717, 1.165) is 11.3 Å². The molecule has 0 saturated heterocycles. The minimum Gasteiger partial charge on any atom is -0.497 e. The Balaban J connectivity index is 2.04. The maximum atomic E-state index is 13.8. The average molecular weight is 356 g/mol. The van der Waals surface area contributed by atoms with Gasteiger partial charge in [0.25, 0.3) is 0 Å². The fourth-order valence-corrected chi connectivity index (χ4v) is 2.72. The first-order valence-corrected chi connectivity index (χ1v) is 7.90. The first kappa shape index (κ1) is 17.0. The third kappa shape index (κ3) is 3.65. The maximum absolute atomic E-state index is 13.8. The van der Waals surface area contributed by atoms with Crippen LogP contribution in [0.3, 0.4) is 0 Å². The molecule has 6 heteroatoms. The van der Waals surface area contributed by atoms with Gasteiger partial charge in [0.2, 0.25) is 0 Å². The number of nitrogens with zero attached hydrogens (tertiary/aromatic N) is 3. The maximum Gasteiger partial charge on any atom is 0.135 e. The number of aryl methyl sites for hydroxylation is 1. The van der Waals surface area contributed by atoms with Crippen LogP contribution in [0, 0.1) is 31.5 Å². The summed E-state index contributed by atoms with van der Waals surface area (Å²) in [6.07, 6.45) is 1.60. The molecule has 0 unspecified atom stereocenters. The quantitative estimate of drug-likeness (QED) is 0.513. The summed E-state index contributed by atoms with van der Waals surface area (Å²) in [4.78, 5) is 8.41. The van der Waals surface area contributed by atoms with E-state index in [1.54, 1.807) is 24.4 Å². The Morgan fingerprint density at radius 1 is 1.16 bits per heavy atom. The highest BCUT2D eigenvalue weighted by molar-refractivity contribution is 6.29. The highest BCUT2D eigenvalue weighted by Crippen LogP contribution is 2.23. The van der Waals surface area contributed by atoms with Crippen LogP contribution in [0.5, 0.6) is 5.75 Å². The van der Waals surface area contributed by atoms with Crippen LogP contribution in [0.25, 0.3) is 5.69 Å². The van der Waals surface area contributed by atoms with Crippen molar-refractivity contribution in [2.24, 2.45) is 0 Å². The van der Waals surface area contributed by atoms with Crippen molar-refractivity contribution in [1.82, 2.24) is 14.5 Å². The first-order valence-electron chi connectivity index (χ1n) is 7.52. The van der Waals surface area contributed by atoms with Gasteiger partial charge in [0.05, 0.1) is 18.5 Å². The predicted molar refractivity (Wildman–Crippen MR) is 94.8 cm³/mol. The van der Waals surface area contributed by atoms with Crippen LogP contribution in [-0.4, -0.2) is 21.6 Å². The molecule has 0 atom stereocenters. The summed E-state index contributed by atoms with van der Waals surface area (Å²) in [5, 5.41) is 0.386. The molecule has 0 bridgehead atoms. The molecule has 0 fully saturated rings. The van der Waals surface area contributed by atoms with Crippen LogP contribution in [0.2, 0.25) is 5.15 Å². The SMILES string of the molecule is COc1cc(F)cc(-n2c(C)nc(C#Cc3ccnc(Cl)c3)c2C)c1. The Morgan fingerprint density at radius 3 is 2.68 bits per heavy atom. The topological polar surface area (TPSA) is 39.9 Å². The van der Waals surface area contributed by atoms with Crippen LogP contribution >= 0.6 is 11.6 Å². The minimum atomic E-state index is -0.374. The Kier molecular flexibility index (Phi) is 4.73. The second-order valence-electron chi connectivity index (χ2n) is 5.39. The largest absolute Gasteiger partial charge is 0.497 e. The fourth-order valence-electron chi connectivity index (χ4n) is 2.55. The van der Waals surface area contributed by atoms with Gasteiger partial charge in [-0.3, -0.25) is 4.57 Å². The van der Waals surface area contributed by atoms with E-state index in [1.807, 2.05) is 18.4 Å². The molecule has 1 aromatic carbocycles. The van der Waals surface area contributed by atoms with E-state index in [-0.39, 0.29) is 5.82 Å². The summed E-state index contributed by atoms with van der Waals surface area (Å²) < 4.78 is 20.8. The molecule has 3 aromatic rings. The third-order valence-electron chi connectivity index (χ3n) is 3.68. The van der Waals surface area contributed by atoms with Gasteiger partial charge >= 0.3 is 0 Å². The van der Waals surface area contributed by atoms with Crippen molar-refractivity contribution >= 4 is 11.6 Å². The molecule has 0 radical (unpaired) electrons. The monoisotopic (exact) mass is 355 g/mol. The molecule has 0 spiro atoms. The molecular formula is C19H15ClFN3O. The van der Waals surface area contributed by atoms with Gasteiger partial charge in [0.15, 0.2) is 0 Å². The van der Waals surface area contributed by atoms with Crippen molar-refractivity contribution in [3.8, 4) is 23.3 Å². The molecule has 3 rings (SSSR count). The lowest BCUT2D eigenvalue weighted by molar-refractivity contribution is 0.411. The molecule has 0 N–H and O–H groups in total. The second kappa shape index (κ2) is 6.96. The van der Waals surface area contributed by atoms with Gasteiger partial charge < -0.3 is 4.74 Å². The van der Waals surface area contributed by atoms with E-state index >= 15 is 0 Å². The van der Waals surface area contributed by atoms with Crippen molar-refractivity contribution in [1.29, 1.82) is 0 Å². The molecule has 0 saturated carbocycles. The van der Waals surface area contributed by atoms with Crippen molar-refractivity contribution < 1.29 is 9.13 Å². The second-order valence-corrected chi connectivity index (χ2v) is 5.78. The number of rotatable bonds is 2. The van der Waals surface area contributed by atoms with Crippen LogP contribution in [0.1, 0.15) is 22.8 Å². The summed E-state index contributed by atoms with van der Waals surface area (Å²) in [5.41, 5.74) is 2.82. The number of methoxy groups -OCH3 is 1. The number of pyridine rings is 1. The molecular weight excluding hydrogens is 341 g/mol. The van der Waals surface area contributed by atoms with Gasteiger partial charge in [-0.05, 0) is 38.0 Å². The number of benzene rings is 1. The zero-order valence-electron chi connectivity index (χ0n) is 14.0. The summed E-state index contributed by atoms with van der Waals surface area (Å²) >= 11 is 5.86. The summed E-state index contributed by atoms with van der Waals surface area (Å²) in [6, 6.07) is 7.98. The average Bonchev–Trinajstić information content (AvgIpc) is 2.86. The van der Waals surface area contributed by atoms with Crippen LogP contribution in [-0.2, 0) is 0 Å². The molecule has 0 aliphatic rings. The zero-order chi connectivity index (χ0) is 18.0. The lowest BCUT2D eigenvalue weighted by Gasteiger charge is -2.10. The highest BCUT2D eigenvalue weighted by Gasteiger charge is 2.13. The Bertz CT molecular complexity index is 1000. The zero-order valence-corrected chi connectivity index (χ0v) is 14.7. The van der Waals surface area contributed by atoms with Crippen LogP contribution in [0.15, 0.2) is 36.5 Å². The van der Waals surface area contributed by atoms with Crippen molar-refractivity contribution in [2.75, 3.05) is 7.11 Å². The molecule has 126 valence electrons. The predicted octanol–water partition coefficient (Wildman–Crippen LogP) is 4.09. The van der Waals surface area contributed by atoms with Crippen molar-refractivity contribution in [3.63, 3.8) is 0 Å². The van der Waals surface area contributed by atoms with E-state index < -0.39 is 0 Å². The van der Waals surface area contributed by atoms with E-state index in [2.05, 4.69) is 21.8 Å². The van der Waals surface area contributed by atoms with Gasteiger partial charge in [-0.2, -0.15) is 0 Å². The smallest absolute Gasteiger partial charge is 0.135 e. The van der Waals surface area contributed by atoms with E-state index in [9.17, 15) is 4.39 Å². The van der Waals surface area contributed by atoms with E-state index in [4.69, 9.17) is 16.3 Å². The van der Waals surface area contributed by atoms with Crippen molar-refractivity contribution in [2.45, 2.75) is 13.8 Å². The number of imidazole rings is 1. The summed E-state index contributed by atoms with van der Waals surface area (Å²) in [7, 11) is 1.50. The van der Waals surface area contributed by atoms with Gasteiger partial charge in [-0.1, -0.05) is 17.5 Å². The van der Waals surface area contributed by atoms with Gasteiger partial charge in [-0.25, -0.2) is 14.4 Å². The lowest BCUT2D eigenvalue weighted by atomic mass is 10.2. The Hall–Kier alpha value is -2.84. The number of hydrogen-bond donors (Lipinski definition) is 0. The van der Waals surface area contributed by atoms with Gasteiger partial charge in [-0.15, -0.1) is 0 Å². The molecule has 2 aromatic heterocycles. The molecule has 25 heavy (non-hydrogen) atoms. The number of halogens is 2. The molecule has 4 nitrogen and oxygen atoms in total. The number of ether oxygens (including phenoxy) is 1. The first-order chi connectivity index (χ1) is 12.0. The van der Waals surface area contributed by atoms with Gasteiger partial charge in [0, 0.05) is 23.9 Å². The number of hydrogen-bond acceptors (Lipinski definition) is 3. The number of aromatic nitrogens is 3.